The van der Waals surface area contributed by atoms with E-state index in [9.17, 15) is 19.2 Å². The van der Waals surface area contributed by atoms with Crippen molar-refractivity contribution in [2.75, 3.05) is 13.8 Å². The molecular weight excluding hydrogens is 300 g/mol. The second kappa shape index (κ2) is 8.99. The molecule has 0 fully saturated rings. The number of allylic oxidation sites excluding steroid dienone is 2. The molecule has 2 N–H and O–H groups in total. The number of Topliss-reactive ketones (excluding diaryl/α,β-unsaturated/α-hetero) is 1. The van der Waals surface area contributed by atoms with Gasteiger partial charge in [-0.3, -0.25) is 14.4 Å². The van der Waals surface area contributed by atoms with Crippen molar-refractivity contribution in [3.63, 3.8) is 0 Å². The summed E-state index contributed by atoms with van der Waals surface area (Å²) in [6, 6.07) is -0.930. The van der Waals surface area contributed by atoms with Gasteiger partial charge >= 0.3 is 0 Å². The van der Waals surface area contributed by atoms with Gasteiger partial charge in [-0.1, -0.05) is 12.2 Å². The summed E-state index contributed by atoms with van der Waals surface area (Å²) in [5, 5.41) is 11.6. The average Bonchev–Trinajstić information content (AvgIpc) is 2.56. The fourth-order valence-electron chi connectivity index (χ4n) is 2.29. The first-order chi connectivity index (χ1) is 10.9. The highest BCUT2D eigenvalue weighted by molar-refractivity contribution is 6.11. The van der Waals surface area contributed by atoms with Gasteiger partial charge in [-0.05, 0) is 26.2 Å². The molecule has 0 heterocycles. The van der Waals surface area contributed by atoms with Crippen molar-refractivity contribution >= 4 is 23.9 Å². The van der Waals surface area contributed by atoms with Crippen LogP contribution in [0.2, 0.25) is 0 Å². The summed E-state index contributed by atoms with van der Waals surface area (Å²) >= 11 is 0. The highest BCUT2D eigenvalue weighted by atomic mass is 16.3. The number of carbonyl (C=O) groups is 4. The highest BCUT2D eigenvalue weighted by Crippen LogP contribution is 2.20. The molecule has 0 aromatic rings. The molecular formula is C16H22N2O5. The second-order valence-corrected chi connectivity index (χ2v) is 5.32. The molecule has 0 saturated carbocycles. The molecule has 1 unspecified atom stereocenters. The Morgan fingerprint density at radius 1 is 1.30 bits per heavy atom. The van der Waals surface area contributed by atoms with Gasteiger partial charge in [-0.15, -0.1) is 0 Å². The predicted molar refractivity (Wildman–Crippen MR) is 83.2 cm³/mol. The predicted octanol–water partition coefficient (Wildman–Crippen LogP) is 0.0941. The number of aliphatic hydroxyl groups excluding tert-OH is 1. The minimum atomic E-state index is -0.930. The Kier molecular flexibility index (Phi) is 7.34. The topological polar surface area (TPSA) is 104 Å². The van der Waals surface area contributed by atoms with Crippen LogP contribution >= 0.6 is 0 Å². The fourth-order valence-corrected chi connectivity index (χ4v) is 2.29. The number of nitrogens with zero attached hydrogens (tertiary/aromatic N) is 1. The van der Waals surface area contributed by atoms with Crippen LogP contribution in [0.5, 0.6) is 0 Å². The number of hydrogen-bond acceptors (Lipinski definition) is 5. The molecule has 23 heavy (non-hydrogen) atoms. The van der Waals surface area contributed by atoms with Gasteiger partial charge < -0.3 is 20.1 Å². The maximum absolute atomic E-state index is 12.4. The number of rotatable bonds is 8. The van der Waals surface area contributed by atoms with E-state index in [2.05, 4.69) is 5.32 Å². The summed E-state index contributed by atoms with van der Waals surface area (Å²) in [5.41, 5.74) is 0.588. The van der Waals surface area contributed by atoms with Crippen molar-refractivity contribution in [2.24, 2.45) is 0 Å². The van der Waals surface area contributed by atoms with E-state index < -0.39 is 24.6 Å². The Balaban J connectivity index is 2.89. The molecule has 1 rings (SSSR count). The maximum Gasteiger partial charge on any atom is 0.252 e. The van der Waals surface area contributed by atoms with Crippen molar-refractivity contribution in [1.82, 2.24) is 10.2 Å². The van der Waals surface area contributed by atoms with Gasteiger partial charge in [0.05, 0.1) is 0 Å². The summed E-state index contributed by atoms with van der Waals surface area (Å²) in [6.45, 7) is 0.889. The van der Waals surface area contributed by atoms with Crippen LogP contribution in [0.1, 0.15) is 32.6 Å². The average molecular weight is 322 g/mol. The molecule has 1 atom stereocenters. The van der Waals surface area contributed by atoms with Crippen LogP contribution in [-0.2, 0) is 19.2 Å². The molecule has 7 heteroatoms. The maximum atomic E-state index is 12.4. The number of amides is 2. The van der Waals surface area contributed by atoms with Gasteiger partial charge in [0.25, 0.3) is 5.91 Å². The van der Waals surface area contributed by atoms with Gasteiger partial charge in [0.15, 0.2) is 5.78 Å². The van der Waals surface area contributed by atoms with E-state index in [0.717, 1.165) is 4.90 Å². The van der Waals surface area contributed by atoms with Gasteiger partial charge in [0.2, 0.25) is 5.91 Å². The van der Waals surface area contributed by atoms with Crippen molar-refractivity contribution in [3.05, 3.63) is 23.3 Å². The number of ketones is 1. The van der Waals surface area contributed by atoms with E-state index in [1.54, 1.807) is 12.2 Å². The summed E-state index contributed by atoms with van der Waals surface area (Å²) in [7, 11) is 1.39. The molecule has 0 aromatic carbocycles. The second-order valence-electron chi connectivity index (χ2n) is 5.32. The van der Waals surface area contributed by atoms with Crippen molar-refractivity contribution < 1.29 is 24.3 Å². The first-order valence-corrected chi connectivity index (χ1v) is 7.44. The largest absolute Gasteiger partial charge is 0.376 e. The molecule has 2 amide bonds. The first kappa shape index (κ1) is 18.8. The molecule has 126 valence electrons. The van der Waals surface area contributed by atoms with Gasteiger partial charge in [0, 0.05) is 24.6 Å². The number of carbonyl (C=O) groups excluding carboxylic acids is 4. The summed E-state index contributed by atoms with van der Waals surface area (Å²) < 4.78 is 0. The fraction of sp³-hybridized carbons (Fsp3) is 0.500. The van der Waals surface area contributed by atoms with Crippen LogP contribution in [0.15, 0.2) is 23.3 Å². The summed E-state index contributed by atoms with van der Waals surface area (Å²) in [4.78, 5) is 47.8. The van der Waals surface area contributed by atoms with Crippen LogP contribution in [0.4, 0.5) is 0 Å². The minimum Gasteiger partial charge on any atom is -0.376 e. The standard InChI is InChI=1S/C16H22N2O5/c1-11(21)12-6-3-4-7-13(12)15(22)17-14(8-5-9-19)16(23)18(2)10-20/h6-7,9,14,20H,3-5,8,10H2,1-2H3,(H,17,22). The lowest BCUT2D eigenvalue weighted by atomic mass is 9.94. The lowest BCUT2D eigenvalue weighted by Crippen LogP contribution is -2.48. The number of likely N-dealkylation sites (N-methyl/N-ethyl adjacent to an activating group) is 1. The number of nitrogens with one attached hydrogen (secondary N) is 1. The molecule has 0 aliphatic heterocycles. The third-order valence-electron chi connectivity index (χ3n) is 3.54. The van der Waals surface area contributed by atoms with Crippen LogP contribution in [-0.4, -0.2) is 53.7 Å². The third-order valence-corrected chi connectivity index (χ3v) is 3.54. The number of aldehydes is 1. The van der Waals surface area contributed by atoms with Crippen LogP contribution in [0.25, 0.3) is 0 Å². The van der Waals surface area contributed by atoms with Crippen molar-refractivity contribution in [1.29, 1.82) is 0 Å². The zero-order valence-electron chi connectivity index (χ0n) is 13.4. The third kappa shape index (κ3) is 5.14. The zero-order chi connectivity index (χ0) is 17.4. The summed E-state index contributed by atoms with van der Waals surface area (Å²) in [5.74, 6) is -1.23. The van der Waals surface area contributed by atoms with Gasteiger partial charge in [0.1, 0.15) is 19.1 Å². The Morgan fingerprint density at radius 2 is 1.91 bits per heavy atom. The monoisotopic (exact) mass is 322 g/mol. The summed E-state index contributed by atoms with van der Waals surface area (Å²) in [6.07, 6.45) is 5.60. The van der Waals surface area contributed by atoms with E-state index in [1.165, 1.54) is 14.0 Å². The first-order valence-electron chi connectivity index (χ1n) is 7.44. The van der Waals surface area contributed by atoms with Crippen LogP contribution in [0, 0.1) is 0 Å². The van der Waals surface area contributed by atoms with E-state index in [-0.39, 0.29) is 24.2 Å². The molecule has 0 spiro atoms. The normalized spacial score (nSPS) is 15.1. The van der Waals surface area contributed by atoms with Crippen molar-refractivity contribution in [3.8, 4) is 0 Å². The molecule has 0 aromatic heterocycles. The van der Waals surface area contributed by atoms with E-state index in [0.29, 0.717) is 24.7 Å². The van der Waals surface area contributed by atoms with Crippen molar-refractivity contribution in [2.45, 2.75) is 38.6 Å². The highest BCUT2D eigenvalue weighted by Gasteiger charge is 2.27. The SMILES string of the molecule is CC(=O)C1=CCCC=C1C(=O)NC(CCC=O)C(=O)N(C)CO. The number of hydrogen-bond donors (Lipinski definition) is 2. The zero-order valence-corrected chi connectivity index (χ0v) is 13.4. The molecule has 1 aliphatic rings. The molecule has 0 radical (unpaired) electrons. The Hall–Kier alpha value is -2.28. The smallest absolute Gasteiger partial charge is 0.252 e. The lowest BCUT2D eigenvalue weighted by molar-refractivity contribution is -0.137. The quantitative estimate of drug-likeness (QED) is 0.487. The Labute approximate surface area is 135 Å². The van der Waals surface area contributed by atoms with Gasteiger partial charge in [-0.2, -0.15) is 0 Å². The van der Waals surface area contributed by atoms with Gasteiger partial charge in [-0.25, -0.2) is 0 Å². The van der Waals surface area contributed by atoms with E-state index >= 15 is 0 Å². The molecule has 7 nitrogen and oxygen atoms in total. The molecule has 0 saturated heterocycles. The van der Waals surface area contributed by atoms with Crippen LogP contribution < -0.4 is 5.32 Å². The van der Waals surface area contributed by atoms with E-state index in [4.69, 9.17) is 5.11 Å². The molecule has 0 bridgehead atoms. The Morgan fingerprint density at radius 3 is 2.43 bits per heavy atom. The molecule has 1 aliphatic carbocycles. The lowest BCUT2D eigenvalue weighted by Gasteiger charge is -2.23. The minimum absolute atomic E-state index is 0.102. The van der Waals surface area contributed by atoms with Crippen LogP contribution in [0.3, 0.4) is 0 Å². The van der Waals surface area contributed by atoms with E-state index in [1.807, 2.05) is 0 Å². The number of aliphatic hydroxyl groups is 1. The Bertz CT molecular complexity index is 551.